The number of hydrogen-bond acceptors (Lipinski definition) is 7. The highest BCUT2D eigenvalue weighted by molar-refractivity contribution is 7.09. The van der Waals surface area contributed by atoms with E-state index >= 15 is 0 Å². The number of nitrogens with zero attached hydrogens (tertiary/aromatic N) is 2. The molecule has 0 radical (unpaired) electrons. The van der Waals surface area contributed by atoms with E-state index in [1.165, 1.54) is 25.4 Å². The molecule has 1 aliphatic heterocycles. The van der Waals surface area contributed by atoms with Crippen LogP contribution in [-0.2, 0) is 25.5 Å². The number of carbonyl (C=O) groups is 4. The number of amides is 3. The topological polar surface area (TPSA) is 118 Å². The minimum absolute atomic E-state index is 0.0465. The van der Waals surface area contributed by atoms with Gasteiger partial charge in [0, 0.05) is 29.4 Å². The normalized spacial score (nSPS) is 14.9. The van der Waals surface area contributed by atoms with Crippen molar-refractivity contribution in [3.05, 3.63) is 50.9 Å². The maximum atomic E-state index is 12.7. The molecule has 1 aliphatic rings. The minimum Gasteiger partial charge on any atom is -0.468 e. The van der Waals surface area contributed by atoms with Crippen LogP contribution in [0.5, 0.6) is 0 Å². The molecule has 182 valence electrons. The monoisotopic (exact) mass is 506 g/mol. The average Bonchev–Trinajstić information content (AvgIpc) is 3.34. The Balaban J connectivity index is 1.48. The van der Waals surface area contributed by atoms with Crippen molar-refractivity contribution in [3.63, 3.8) is 0 Å². The van der Waals surface area contributed by atoms with Crippen molar-refractivity contribution < 1.29 is 23.9 Å². The number of thiazole rings is 1. The molecule has 2 heterocycles. The van der Waals surface area contributed by atoms with Gasteiger partial charge in [-0.25, -0.2) is 4.98 Å². The molecule has 1 atom stereocenters. The number of hydrogen-bond donors (Lipinski definition) is 2. The molecule has 2 N–H and O–H groups in total. The Labute approximate surface area is 206 Å². The van der Waals surface area contributed by atoms with Gasteiger partial charge in [-0.3, -0.25) is 19.2 Å². The molecule has 0 spiro atoms. The first kappa shape index (κ1) is 25.6. The number of ether oxygens (including phenoxy) is 1. The second-order valence-corrected chi connectivity index (χ2v) is 9.28. The molecular weight excluding hydrogens is 480 g/mol. The molecular formula is C23H27ClN4O5S. The van der Waals surface area contributed by atoms with Gasteiger partial charge in [-0.05, 0) is 31.4 Å². The first-order chi connectivity index (χ1) is 16.3. The number of halogens is 1. The van der Waals surface area contributed by atoms with Crippen molar-refractivity contribution in [1.29, 1.82) is 0 Å². The van der Waals surface area contributed by atoms with Crippen LogP contribution in [0, 0.1) is 0 Å². The van der Waals surface area contributed by atoms with E-state index in [9.17, 15) is 19.2 Å². The van der Waals surface area contributed by atoms with Gasteiger partial charge in [-0.15, -0.1) is 11.3 Å². The molecule has 1 aromatic heterocycles. The smallest absolute Gasteiger partial charge is 0.325 e. The molecule has 0 saturated carbocycles. The Morgan fingerprint density at radius 3 is 2.62 bits per heavy atom. The van der Waals surface area contributed by atoms with Gasteiger partial charge < -0.3 is 20.3 Å². The lowest BCUT2D eigenvalue weighted by Gasteiger charge is -2.31. The summed E-state index contributed by atoms with van der Waals surface area (Å²) in [5.74, 6) is -1.33. The third-order valence-electron chi connectivity index (χ3n) is 5.63. The summed E-state index contributed by atoms with van der Waals surface area (Å²) in [4.78, 5) is 54.6. The molecule has 3 amide bonds. The fourth-order valence-corrected chi connectivity index (χ4v) is 4.77. The van der Waals surface area contributed by atoms with Crippen LogP contribution in [0.25, 0.3) is 0 Å². The lowest BCUT2D eigenvalue weighted by atomic mass is 9.97. The van der Waals surface area contributed by atoms with Gasteiger partial charge in [0.1, 0.15) is 18.3 Å². The molecule has 3 rings (SSSR count). The predicted molar refractivity (Wildman–Crippen MR) is 128 cm³/mol. The first-order valence-electron chi connectivity index (χ1n) is 10.9. The van der Waals surface area contributed by atoms with Gasteiger partial charge in [0.2, 0.25) is 11.8 Å². The predicted octanol–water partition coefficient (Wildman–Crippen LogP) is 2.15. The van der Waals surface area contributed by atoms with Gasteiger partial charge in [0.05, 0.1) is 18.5 Å². The zero-order chi connectivity index (χ0) is 24.7. The van der Waals surface area contributed by atoms with Crippen LogP contribution in [0.1, 0.15) is 46.7 Å². The summed E-state index contributed by atoms with van der Waals surface area (Å²) < 4.78 is 4.47. The Hall–Kier alpha value is -2.98. The lowest BCUT2D eigenvalue weighted by molar-refractivity contribution is -0.141. The summed E-state index contributed by atoms with van der Waals surface area (Å²) >= 11 is 7.57. The van der Waals surface area contributed by atoms with Crippen LogP contribution < -0.4 is 10.6 Å². The number of likely N-dealkylation sites (tertiary alicyclic amines) is 1. The molecule has 0 bridgehead atoms. The number of methoxy groups -OCH3 is 1. The highest BCUT2D eigenvalue weighted by Crippen LogP contribution is 2.30. The maximum Gasteiger partial charge on any atom is 0.325 e. The number of carbonyl (C=O) groups excluding carboxylic acids is 4. The number of esters is 1. The van der Waals surface area contributed by atoms with Crippen molar-refractivity contribution in [3.8, 4) is 0 Å². The van der Waals surface area contributed by atoms with E-state index in [2.05, 4.69) is 20.4 Å². The Morgan fingerprint density at radius 1 is 1.24 bits per heavy atom. The van der Waals surface area contributed by atoms with Gasteiger partial charge in [0.15, 0.2) is 0 Å². The van der Waals surface area contributed by atoms with Crippen LogP contribution in [0.15, 0.2) is 29.6 Å². The van der Waals surface area contributed by atoms with Crippen LogP contribution in [0.4, 0.5) is 0 Å². The molecule has 34 heavy (non-hydrogen) atoms. The quantitative estimate of drug-likeness (QED) is 0.530. The van der Waals surface area contributed by atoms with Crippen LogP contribution in [0.3, 0.4) is 0 Å². The first-order valence-corrected chi connectivity index (χ1v) is 12.2. The minimum atomic E-state index is -0.838. The number of piperidine rings is 1. The summed E-state index contributed by atoms with van der Waals surface area (Å²) in [6, 6.07) is 6.51. The highest BCUT2D eigenvalue weighted by Gasteiger charge is 2.27. The second kappa shape index (κ2) is 11.9. The Bertz CT molecular complexity index is 1050. The van der Waals surface area contributed by atoms with E-state index in [1.807, 2.05) is 23.1 Å². The van der Waals surface area contributed by atoms with Crippen molar-refractivity contribution in [2.45, 2.75) is 38.1 Å². The van der Waals surface area contributed by atoms with Crippen molar-refractivity contribution in [1.82, 2.24) is 20.5 Å². The SMILES string of the molecule is COC(=O)CNC(=O)C(C)NC(=O)c1csc(C2CCN(C(=O)Cc3ccccc3Cl)CC2)n1. The average molecular weight is 507 g/mol. The maximum absolute atomic E-state index is 12.7. The molecule has 1 unspecified atom stereocenters. The Morgan fingerprint density at radius 2 is 1.94 bits per heavy atom. The van der Waals surface area contributed by atoms with Crippen LogP contribution in [0.2, 0.25) is 5.02 Å². The molecule has 1 aromatic carbocycles. The zero-order valence-corrected chi connectivity index (χ0v) is 20.6. The van der Waals surface area contributed by atoms with Crippen LogP contribution >= 0.6 is 22.9 Å². The standard InChI is InChI=1S/C23H27ClN4O5S/c1-14(21(31)25-12-20(30)33-2)26-22(32)18-13-34-23(27-18)15-7-9-28(10-8-15)19(29)11-16-5-3-4-6-17(16)24/h3-6,13-15H,7-12H2,1-2H3,(H,25,31)(H,26,32). The molecule has 11 heteroatoms. The number of nitrogens with one attached hydrogen (secondary N) is 2. The molecule has 2 aromatic rings. The number of aromatic nitrogens is 1. The summed E-state index contributed by atoms with van der Waals surface area (Å²) in [7, 11) is 1.22. The van der Waals surface area contributed by atoms with Gasteiger partial charge in [-0.2, -0.15) is 0 Å². The summed E-state index contributed by atoms with van der Waals surface area (Å²) in [6.07, 6.45) is 1.79. The third-order valence-corrected chi connectivity index (χ3v) is 7.00. The molecule has 1 fully saturated rings. The molecule has 9 nitrogen and oxygen atoms in total. The third kappa shape index (κ3) is 6.77. The second-order valence-electron chi connectivity index (χ2n) is 7.98. The lowest BCUT2D eigenvalue weighted by Crippen LogP contribution is -2.46. The fraction of sp³-hybridized carbons (Fsp3) is 0.435. The fourth-order valence-electron chi connectivity index (χ4n) is 3.59. The van der Waals surface area contributed by atoms with E-state index in [0.29, 0.717) is 18.1 Å². The summed E-state index contributed by atoms with van der Waals surface area (Å²) in [5.41, 5.74) is 1.06. The van der Waals surface area contributed by atoms with E-state index in [4.69, 9.17) is 11.6 Å². The van der Waals surface area contributed by atoms with Crippen molar-refractivity contribution >= 4 is 46.6 Å². The molecule has 0 aliphatic carbocycles. The van der Waals surface area contributed by atoms with Crippen LogP contribution in [-0.4, -0.2) is 66.4 Å². The van der Waals surface area contributed by atoms with Gasteiger partial charge >= 0.3 is 5.97 Å². The largest absolute Gasteiger partial charge is 0.468 e. The van der Waals surface area contributed by atoms with Gasteiger partial charge in [0.25, 0.3) is 5.91 Å². The van der Waals surface area contributed by atoms with Gasteiger partial charge in [-0.1, -0.05) is 29.8 Å². The van der Waals surface area contributed by atoms with E-state index in [1.54, 1.807) is 11.4 Å². The summed E-state index contributed by atoms with van der Waals surface area (Å²) in [5, 5.41) is 8.07. The number of benzene rings is 1. The molecule has 1 saturated heterocycles. The highest BCUT2D eigenvalue weighted by atomic mass is 35.5. The van der Waals surface area contributed by atoms with E-state index in [0.717, 1.165) is 23.4 Å². The Kier molecular flexibility index (Phi) is 9.00. The summed E-state index contributed by atoms with van der Waals surface area (Å²) in [6.45, 7) is 2.49. The van der Waals surface area contributed by atoms with Crippen molar-refractivity contribution in [2.24, 2.45) is 0 Å². The van der Waals surface area contributed by atoms with E-state index < -0.39 is 23.8 Å². The van der Waals surface area contributed by atoms with E-state index in [-0.39, 0.29) is 30.5 Å². The van der Waals surface area contributed by atoms with Crippen molar-refractivity contribution in [2.75, 3.05) is 26.7 Å². The zero-order valence-electron chi connectivity index (χ0n) is 19.0. The number of rotatable bonds is 8.